The Labute approximate surface area is 83.5 Å². The van der Waals surface area contributed by atoms with E-state index in [4.69, 9.17) is 6.11 Å². The van der Waals surface area contributed by atoms with E-state index in [1.54, 1.807) is 6.07 Å². The average molecular weight is 190 g/mol. The third-order valence-corrected chi connectivity index (χ3v) is 3.07. The smallest absolute Gasteiger partial charge is 0.340 e. The largest absolute Gasteiger partial charge is 0.458 e. The van der Waals surface area contributed by atoms with Crippen molar-refractivity contribution in [1.82, 2.24) is 4.98 Å². The highest BCUT2D eigenvalue weighted by Crippen LogP contribution is 2.40. The van der Waals surface area contributed by atoms with Crippen molar-refractivity contribution >= 4 is 5.97 Å². The van der Waals surface area contributed by atoms with Crippen molar-refractivity contribution in [2.24, 2.45) is 0 Å². The summed E-state index contributed by atoms with van der Waals surface area (Å²) in [6.07, 6.45) is 3.25. The fourth-order valence-electron chi connectivity index (χ4n) is 2.41. The molecule has 1 aromatic rings. The lowest BCUT2D eigenvalue weighted by Gasteiger charge is -2.26. The number of fused-ring (bicyclic) bond motifs is 3. The molecule has 2 heterocycles. The molecule has 0 saturated heterocycles. The Bertz CT molecular complexity index is 433. The predicted octanol–water partition coefficient (Wildman–Crippen LogP) is 1.89. The summed E-state index contributed by atoms with van der Waals surface area (Å²) in [6, 6.07) is 3.19. The van der Waals surface area contributed by atoms with Crippen LogP contribution in [0.4, 0.5) is 0 Å². The number of carbonyl (C=O) groups excluding carboxylic acids is 1. The van der Waals surface area contributed by atoms with Crippen LogP contribution in [0.15, 0.2) is 18.3 Å². The van der Waals surface area contributed by atoms with Gasteiger partial charge in [0, 0.05) is 12.1 Å². The summed E-state index contributed by atoms with van der Waals surface area (Å²) in [5.41, 5.74) is 1.33. The van der Waals surface area contributed by atoms with Crippen molar-refractivity contribution < 1.29 is 10.9 Å². The van der Waals surface area contributed by atoms with E-state index >= 15 is 0 Å². The Morgan fingerprint density at radius 3 is 3.43 bits per heavy atom. The molecule has 0 radical (unpaired) electrons. The van der Waals surface area contributed by atoms with E-state index in [9.17, 15) is 4.79 Å². The van der Waals surface area contributed by atoms with E-state index in [0.717, 1.165) is 25.0 Å². The first-order chi connectivity index (χ1) is 7.25. The SMILES string of the molecule is [2H]c1ccc2c(n1)[C@H]1CCC[C@H]1OC2=O. The van der Waals surface area contributed by atoms with Crippen molar-refractivity contribution in [3.63, 3.8) is 0 Å². The van der Waals surface area contributed by atoms with Crippen molar-refractivity contribution in [1.29, 1.82) is 0 Å². The molecule has 0 N–H and O–H groups in total. The Morgan fingerprint density at radius 2 is 2.50 bits per heavy atom. The normalized spacial score (nSPS) is 30.3. The van der Waals surface area contributed by atoms with Gasteiger partial charge in [-0.25, -0.2) is 4.79 Å². The molecule has 2 atom stereocenters. The number of ether oxygens (including phenoxy) is 1. The predicted molar refractivity (Wildman–Crippen MR) is 50.0 cm³/mol. The zero-order valence-corrected chi connectivity index (χ0v) is 7.69. The molecule has 0 aromatic carbocycles. The fourth-order valence-corrected chi connectivity index (χ4v) is 2.41. The number of hydrogen-bond donors (Lipinski definition) is 0. The number of aromatic nitrogens is 1. The van der Waals surface area contributed by atoms with Gasteiger partial charge in [-0.05, 0) is 31.4 Å². The number of rotatable bonds is 0. The number of carbonyl (C=O) groups is 1. The van der Waals surface area contributed by atoms with Gasteiger partial charge in [-0.2, -0.15) is 0 Å². The molecule has 1 aromatic heterocycles. The second-order valence-electron chi connectivity index (χ2n) is 3.85. The van der Waals surface area contributed by atoms with Crippen LogP contribution in [-0.4, -0.2) is 17.1 Å². The monoisotopic (exact) mass is 190 g/mol. The molecule has 3 heteroatoms. The summed E-state index contributed by atoms with van der Waals surface area (Å²) < 4.78 is 12.8. The molecule has 14 heavy (non-hydrogen) atoms. The number of pyridine rings is 1. The molecule has 0 unspecified atom stereocenters. The number of nitrogens with zero attached hydrogens (tertiary/aromatic N) is 1. The number of esters is 1. The lowest BCUT2D eigenvalue weighted by atomic mass is 9.94. The second kappa shape index (κ2) is 2.80. The van der Waals surface area contributed by atoms with Gasteiger partial charge >= 0.3 is 5.97 Å². The Morgan fingerprint density at radius 1 is 1.57 bits per heavy atom. The molecule has 1 fully saturated rings. The minimum atomic E-state index is -0.277. The Kier molecular flexibility index (Phi) is 1.40. The fraction of sp³-hybridized carbons (Fsp3) is 0.455. The van der Waals surface area contributed by atoms with Gasteiger partial charge in [-0.15, -0.1) is 0 Å². The zero-order chi connectivity index (χ0) is 10.4. The van der Waals surface area contributed by atoms with E-state index in [1.807, 2.05) is 0 Å². The van der Waals surface area contributed by atoms with Crippen molar-refractivity contribution in [2.45, 2.75) is 31.3 Å². The first-order valence-corrected chi connectivity index (χ1v) is 4.94. The molecule has 0 bridgehead atoms. The summed E-state index contributed by atoms with van der Waals surface area (Å²) in [4.78, 5) is 15.8. The van der Waals surface area contributed by atoms with Crippen molar-refractivity contribution in [2.75, 3.05) is 0 Å². The highest BCUT2D eigenvalue weighted by molar-refractivity contribution is 5.92. The van der Waals surface area contributed by atoms with Gasteiger partial charge in [0.25, 0.3) is 0 Å². The third kappa shape index (κ3) is 0.983. The van der Waals surface area contributed by atoms with Gasteiger partial charge in [0.15, 0.2) is 0 Å². The maximum Gasteiger partial charge on any atom is 0.340 e. The maximum absolute atomic E-state index is 11.6. The molecule has 1 aliphatic heterocycles. The molecule has 0 spiro atoms. The van der Waals surface area contributed by atoms with Crippen LogP contribution in [-0.2, 0) is 4.74 Å². The first-order valence-electron chi connectivity index (χ1n) is 5.44. The van der Waals surface area contributed by atoms with E-state index in [0.29, 0.717) is 5.56 Å². The van der Waals surface area contributed by atoms with Crippen LogP contribution in [0.5, 0.6) is 0 Å². The average Bonchev–Trinajstić information content (AvgIpc) is 2.65. The Balaban J connectivity index is 2.15. The summed E-state index contributed by atoms with van der Waals surface area (Å²) in [6.45, 7) is 0. The van der Waals surface area contributed by atoms with Crippen LogP contribution in [0.3, 0.4) is 0 Å². The zero-order valence-electron chi connectivity index (χ0n) is 8.69. The van der Waals surface area contributed by atoms with Gasteiger partial charge in [-0.1, -0.05) is 0 Å². The van der Waals surface area contributed by atoms with Crippen LogP contribution < -0.4 is 0 Å². The molecule has 3 rings (SSSR count). The quantitative estimate of drug-likeness (QED) is 0.586. The van der Waals surface area contributed by atoms with Crippen LogP contribution in [0.2, 0.25) is 0 Å². The Hall–Kier alpha value is -1.38. The molecule has 0 amide bonds. The summed E-state index contributed by atoms with van der Waals surface area (Å²) in [5.74, 6) is -0.0522. The molecule has 1 saturated carbocycles. The van der Waals surface area contributed by atoms with E-state index in [1.165, 1.54) is 6.07 Å². The minimum Gasteiger partial charge on any atom is -0.458 e. The highest BCUT2D eigenvalue weighted by atomic mass is 16.5. The maximum atomic E-state index is 11.6. The molecular formula is C11H11NO2. The lowest BCUT2D eigenvalue weighted by molar-refractivity contribution is 0.0222. The third-order valence-electron chi connectivity index (χ3n) is 3.07. The standard InChI is InChI=1S/C11H11NO2/c13-11-8-4-2-6-12-10(8)7-3-1-5-9(7)14-11/h2,4,6-7,9H,1,3,5H2/t7-,9+/m0/s1/i6D. The molecule has 72 valence electrons. The van der Waals surface area contributed by atoms with Gasteiger partial charge in [0.1, 0.15) is 6.10 Å². The van der Waals surface area contributed by atoms with E-state index < -0.39 is 0 Å². The summed E-state index contributed by atoms with van der Waals surface area (Å²) >= 11 is 0. The van der Waals surface area contributed by atoms with Crippen LogP contribution in [0.1, 0.15) is 42.6 Å². The van der Waals surface area contributed by atoms with Crippen LogP contribution in [0, 0.1) is 0 Å². The molecule has 3 nitrogen and oxygen atoms in total. The van der Waals surface area contributed by atoms with Gasteiger partial charge in [-0.3, -0.25) is 4.98 Å². The van der Waals surface area contributed by atoms with Gasteiger partial charge in [0.05, 0.1) is 12.6 Å². The van der Waals surface area contributed by atoms with Gasteiger partial charge in [0.2, 0.25) is 0 Å². The molecule has 1 aliphatic carbocycles. The van der Waals surface area contributed by atoms with Crippen molar-refractivity contribution in [3.8, 4) is 0 Å². The van der Waals surface area contributed by atoms with Gasteiger partial charge < -0.3 is 4.74 Å². The molecule has 2 aliphatic rings. The second-order valence-corrected chi connectivity index (χ2v) is 3.85. The molecular weight excluding hydrogens is 178 g/mol. The highest BCUT2D eigenvalue weighted by Gasteiger charge is 2.39. The lowest BCUT2D eigenvalue weighted by Crippen LogP contribution is -2.29. The topological polar surface area (TPSA) is 39.2 Å². The van der Waals surface area contributed by atoms with Crippen LogP contribution in [0.25, 0.3) is 0 Å². The van der Waals surface area contributed by atoms with E-state index in [2.05, 4.69) is 4.98 Å². The van der Waals surface area contributed by atoms with Crippen LogP contribution >= 0.6 is 0 Å². The first kappa shape index (κ1) is 6.98. The minimum absolute atomic E-state index is 0.000648. The van der Waals surface area contributed by atoms with Crippen molar-refractivity contribution in [3.05, 3.63) is 29.6 Å². The summed E-state index contributed by atoms with van der Waals surface area (Å²) in [7, 11) is 0. The van der Waals surface area contributed by atoms with E-state index in [-0.39, 0.29) is 24.2 Å². The summed E-state index contributed by atoms with van der Waals surface area (Å²) in [5, 5.41) is 0. The number of hydrogen-bond acceptors (Lipinski definition) is 3.